The first kappa shape index (κ1) is 18.7. The summed E-state index contributed by atoms with van der Waals surface area (Å²) in [5, 5.41) is 10.2. The van der Waals surface area contributed by atoms with E-state index in [-0.39, 0.29) is 11.8 Å². The van der Waals surface area contributed by atoms with Crippen LogP contribution in [0.3, 0.4) is 0 Å². The molecule has 0 aromatic heterocycles. The number of nitrogens with one attached hydrogen (secondary N) is 1. The lowest BCUT2D eigenvalue weighted by Gasteiger charge is -2.29. The lowest BCUT2D eigenvalue weighted by atomic mass is 9.87. The molecule has 4 N–H and O–H groups in total. The maximum Gasteiger partial charge on any atom is 0.422 e. The normalized spacial score (nSPS) is 17.2. The number of halogens is 3. The van der Waals surface area contributed by atoms with E-state index in [1.165, 1.54) is 5.32 Å². The Balaban J connectivity index is 4.78. The molecule has 20 heavy (non-hydrogen) atoms. The summed E-state index contributed by atoms with van der Waals surface area (Å²) >= 11 is 0. The third-order valence-corrected chi connectivity index (χ3v) is 2.71. The average Bonchev–Trinajstić information content (AvgIpc) is 2.10. The molecule has 8 heteroatoms. The second kappa shape index (κ2) is 5.99. The van der Waals surface area contributed by atoms with E-state index in [2.05, 4.69) is 0 Å². The summed E-state index contributed by atoms with van der Waals surface area (Å²) in [5.41, 5.74) is 2.18. The van der Waals surface area contributed by atoms with Crippen LogP contribution in [0.15, 0.2) is 0 Å². The summed E-state index contributed by atoms with van der Waals surface area (Å²) in [4.78, 5) is 22.3. The Hall–Kier alpha value is -1.31. The minimum absolute atomic E-state index is 0.181. The molecular formula is C12H21F3N2O3. The van der Waals surface area contributed by atoms with Gasteiger partial charge >= 0.3 is 12.1 Å². The van der Waals surface area contributed by atoms with Crippen LogP contribution >= 0.6 is 0 Å². The Morgan fingerprint density at radius 2 is 1.65 bits per heavy atom. The minimum atomic E-state index is -5.09. The van der Waals surface area contributed by atoms with E-state index in [1.54, 1.807) is 0 Å². The number of rotatable bonds is 5. The van der Waals surface area contributed by atoms with Gasteiger partial charge < -0.3 is 16.2 Å². The van der Waals surface area contributed by atoms with Gasteiger partial charge in [0, 0.05) is 12.5 Å². The number of nitrogens with two attached hydrogens (primary N) is 1. The molecule has 2 unspecified atom stereocenters. The lowest BCUT2D eigenvalue weighted by molar-refractivity contribution is -0.207. The van der Waals surface area contributed by atoms with Gasteiger partial charge in [0.15, 0.2) is 0 Å². The van der Waals surface area contributed by atoms with Crippen LogP contribution in [0, 0.1) is 5.41 Å². The van der Waals surface area contributed by atoms with Crippen LogP contribution in [0.1, 0.15) is 40.5 Å². The zero-order chi connectivity index (χ0) is 16.4. The molecule has 0 aromatic carbocycles. The van der Waals surface area contributed by atoms with Crippen LogP contribution in [0.5, 0.6) is 0 Å². The minimum Gasteiger partial charge on any atom is -0.479 e. The van der Waals surface area contributed by atoms with Gasteiger partial charge in [-0.15, -0.1) is 0 Å². The topological polar surface area (TPSA) is 92.4 Å². The molecule has 0 radical (unpaired) electrons. The van der Waals surface area contributed by atoms with E-state index in [9.17, 15) is 22.8 Å². The van der Waals surface area contributed by atoms with Crippen LogP contribution in [0.4, 0.5) is 13.2 Å². The van der Waals surface area contributed by atoms with Crippen molar-refractivity contribution in [3.63, 3.8) is 0 Å². The van der Waals surface area contributed by atoms with Crippen molar-refractivity contribution in [2.75, 3.05) is 0 Å². The molecule has 1 amide bonds. The largest absolute Gasteiger partial charge is 0.479 e. The molecule has 0 aliphatic carbocycles. The van der Waals surface area contributed by atoms with Crippen LogP contribution < -0.4 is 11.1 Å². The SMILES string of the molecule is CC(C)(C)CC(N)CC(=O)NC(C)(C(=O)O)C(F)(F)F. The summed E-state index contributed by atoms with van der Waals surface area (Å²) in [6.45, 7) is 6.04. The Labute approximate surface area is 115 Å². The standard InChI is InChI=1S/C12H21F3N2O3/c1-10(2,3)6-7(16)5-8(18)17-11(4,9(19)20)12(13,14)15/h7H,5-6,16H2,1-4H3,(H,17,18)(H,19,20). The number of amides is 1. The monoisotopic (exact) mass is 298 g/mol. The Morgan fingerprint density at radius 1 is 1.20 bits per heavy atom. The first-order valence-corrected chi connectivity index (χ1v) is 6.06. The molecule has 0 heterocycles. The Morgan fingerprint density at radius 3 is 1.95 bits per heavy atom. The van der Waals surface area contributed by atoms with Gasteiger partial charge in [-0.2, -0.15) is 13.2 Å². The first-order chi connectivity index (χ1) is 8.69. The van der Waals surface area contributed by atoms with E-state index in [0.29, 0.717) is 13.3 Å². The van der Waals surface area contributed by atoms with Crippen molar-refractivity contribution in [3.05, 3.63) is 0 Å². The molecule has 0 fully saturated rings. The van der Waals surface area contributed by atoms with Crippen molar-refractivity contribution in [2.24, 2.45) is 11.1 Å². The summed E-state index contributed by atoms with van der Waals surface area (Å²) in [5.74, 6) is -3.20. The van der Waals surface area contributed by atoms with Gasteiger partial charge in [0.25, 0.3) is 0 Å². The van der Waals surface area contributed by atoms with Crippen molar-refractivity contribution in [1.82, 2.24) is 5.32 Å². The van der Waals surface area contributed by atoms with Crippen molar-refractivity contribution >= 4 is 11.9 Å². The van der Waals surface area contributed by atoms with Crippen molar-refractivity contribution in [2.45, 2.75) is 58.3 Å². The van der Waals surface area contributed by atoms with Crippen molar-refractivity contribution in [3.8, 4) is 0 Å². The highest BCUT2D eigenvalue weighted by molar-refractivity contribution is 5.87. The number of hydrogen-bond acceptors (Lipinski definition) is 3. The molecule has 118 valence electrons. The van der Waals surface area contributed by atoms with Crippen molar-refractivity contribution < 1.29 is 27.9 Å². The highest BCUT2D eigenvalue weighted by Gasteiger charge is 2.58. The van der Waals surface area contributed by atoms with Crippen LogP contribution in [0.2, 0.25) is 0 Å². The fourth-order valence-electron chi connectivity index (χ4n) is 1.67. The predicted molar refractivity (Wildman–Crippen MR) is 66.9 cm³/mol. The van der Waals surface area contributed by atoms with Gasteiger partial charge in [0.05, 0.1) is 0 Å². The van der Waals surface area contributed by atoms with E-state index < -0.39 is 29.6 Å². The Kier molecular flexibility index (Phi) is 5.59. The molecule has 0 aliphatic heterocycles. The number of carboxylic acids is 1. The fourth-order valence-corrected chi connectivity index (χ4v) is 1.67. The van der Waals surface area contributed by atoms with Gasteiger partial charge in [0.2, 0.25) is 11.4 Å². The molecular weight excluding hydrogens is 277 g/mol. The number of alkyl halides is 3. The van der Waals surface area contributed by atoms with Gasteiger partial charge in [-0.05, 0) is 18.8 Å². The number of carboxylic acid groups (broad SMARTS) is 1. The van der Waals surface area contributed by atoms with Crippen LogP contribution in [-0.2, 0) is 9.59 Å². The van der Waals surface area contributed by atoms with E-state index in [1.807, 2.05) is 20.8 Å². The van der Waals surface area contributed by atoms with E-state index >= 15 is 0 Å². The zero-order valence-electron chi connectivity index (χ0n) is 12.0. The molecule has 0 bridgehead atoms. The molecule has 0 aliphatic rings. The highest BCUT2D eigenvalue weighted by atomic mass is 19.4. The Bertz CT molecular complexity index is 377. The van der Waals surface area contributed by atoms with Gasteiger partial charge in [-0.1, -0.05) is 20.8 Å². The zero-order valence-corrected chi connectivity index (χ0v) is 12.0. The third-order valence-electron chi connectivity index (χ3n) is 2.71. The van der Waals surface area contributed by atoms with Gasteiger partial charge in [-0.25, -0.2) is 4.79 Å². The number of carbonyl (C=O) groups is 2. The molecule has 0 saturated carbocycles. The summed E-state index contributed by atoms with van der Waals surface area (Å²) < 4.78 is 38.1. The van der Waals surface area contributed by atoms with E-state index in [4.69, 9.17) is 10.8 Å². The van der Waals surface area contributed by atoms with Crippen molar-refractivity contribution in [1.29, 1.82) is 0 Å². The van der Waals surface area contributed by atoms with Crippen LogP contribution in [-0.4, -0.2) is 34.7 Å². The summed E-state index contributed by atoms with van der Waals surface area (Å²) in [6, 6.07) is -0.638. The predicted octanol–water partition coefficient (Wildman–Crippen LogP) is 1.66. The third kappa shape index (κ3) is 5.36. The van der Waals surface area contributed by atoms with Gasteiger partial charge in [-0.3, -0.25) is 4.79 Å². The number of hydrogen-bond donors (Lipinski definition) is 3. The molecule has 0 aromatic rings. The second-order valence-corrected chi connectivity index (χ2v) is 6.21. The quantitative estimate of drug-likeness (QED) is 0.719. The van der Waals surface area contributed by atoms with Crippen LogP contribution in [0.25, 0.3) is 0 Å². The number of carbonyl (C=O) groups excluding carboxylic acids is 1. The maximum absolute atomic E-state index is 12.7. The first-order valence-electron chi connectivity index (χ1n) is 6.06. The molecule has 0 rings (SSSR count). The highest BCUT2D eigenvalue weighted by Crippen LogP contribution is 2.30. The number of aliphatic carboxylic acids is 1. The maximum atomic E-state index is 12.7. The molecule has 5 nitrogen and oxygen atoms in total. The average molecular weight is 298 g/mol. The van der Waals surface area contributed by atoms with E-state index in [0.717, 1.165) is 0 Å². The fraction of sp³-hybridized carbons (Fsp3) is 0.833. The smallest absolute Gasteiger partial charge is 0.422 e. The summed E-state index contributed by atoms with van der Waals surface area (Å²) in [6.07, 6.45) is -5.03. The second-order valence-electron chi connectivity index (χ2n) is 6.21. The molecule has 2 atom stereocenters. The molecule has 0 spiro atoms. The summed E-state index contributed by atoms with van der Waals surface area (Å²) in [7, 11) is 0. The van der Waals surface area contributed by atoms with Gasteiger partial charge in [0.1, 0.15) is 0 Å². The lowest BCUT2D eigenvalue weighted by Crippen LogP contribution is -2.62. The molecule has 0 saturated heterocycles.